The van der Waals surface area contributed by atoms with Gasteiger partial charge < -0.3 is 5.32 Å². The van der Waals surface area contributed by atoms with Crippen LogP contribution in [0, 0.1) is 0 Å². The number of hydrogen-bond donors (Lipinski definition) is 1. The lowest BCUT2D eigenvalue weighted by molar-refractivity contribution is 0.579. The Hall–Kier alpha value is -1.11. The number of halogens is 1. The number of anilines is 1. The van der Waals surface area contributed by atoms with Crippen LogP contribution in [0.3, 0.4) is 0 Å². The van der Waals surface area contributed by atoms with Gasteiger partial charge in [0, 0.05) is 16.8 Å². The average Bonchev–Trinajstić information content (AvgIpc) is 3.17. The minimum Gasteiger partial charge on any atom is -0.380 e. The van der Waals surface area contributed by atoms with E-state index in [4.69, 9.17) is 11.6 Å². The van der Waals surface area contributed by atoms with Gasteiger partial charge in [-0.15, -0.1) is 11.3 Å². The average molecular weight is 357 g/mol. The molecule has 1 aromatic carbocycles. The number of benzene rings is 1. The summed E-state index contributed by atoms with van der Waals surface area (Å²) in [7, 11) is -3.21. The highest BCUT2D eigenvalue weighted by atomic mass is 35.5. The van der Waals surface area contributed by atoms with Crippen LogP contribution in [0.4, 0.5) is 5.69 Å². The zero-order chi connectivity index (χ0) is 15.6. The Morgan fingerprint density at radius 2 is 2.09 bits per heavy atom. The third-order valence-corrected chi connectivity index (χ3v) is 7.27. The first-order valence-corrected chi connectivity index (χ1v) is 9.98. The highest BCUT2D eigenvalue weighted by Gasteiger charge is 2.30. The van der Waals surface area contributed by atoms with E-state index >= 15 is 0 Å². The topological polar surface area (TPSA) is 59.1 Å². The van der Waals surface area contributed by atoms with Crippen LogP contribution in [0.1, 0.15) is 30.6 Å². The first-order valence-electron chi connectivity index (χ1n) is 7.24. The monoisotopic (exact) mass is 356 g/mol. The van der Waals surface area contributed by atoms with Crippen LogP contribution in [0.25, 0.3) is 0 Å². The summed E-state index contributed by atoms with van der Waals surface area (Å²) in [5.74, 6) is 0. The molecular formula is C15H17ClN2O2S2. The molecule has 0 saturated heterocycles. The van der Waals surface area contributed by atoms with Crippen molar-refractivity contribution in [3.05, 3.63) is 39.8 Å². The Kier molecular flexibility index (Phi) is 4.70. The minimum absolute atomic E-state index is 0.219. The van der Waals surface area contributed by atoms with E-state index in [1.807, 2.05) is 6.07 Å². The molecule has 1 N–H and O–H groups in total. The van der Waals surface area contributed by atoms with Gasteiger partial charge in [0.25, 0.3) is 0 Å². The van der Waals surface area contributed by atoms with Crippen molar-refractivity contribution in [2.45, 2.75) is 42.4 Å². The molecule has 7 heteroatoms. The summed E-state index contributed by atoms with van der Waals surface area (Å²) < 4.78 is 25.7. The highest BCUT2D eigenvalue weighted by molar-refractivity contribution is 7.92. The van der Waals surface area contributed by atoms with Gasteiger partial charge >= 0.3 is 0 Å². The number of nitrogens with one attached hydrogen (secondary N) is 1. The van der Waals surface area contributed by atoms with Gasteiger partial charge in [-0.25, -0.2) is 13.4 Å². The molecule has 0 radical (unpaired) electrons. The predicted octanol–water partition coefficient (Wildman–Crippen LogP) is 4.12. The van der Waals surface area contributed by atoms with Crippen molar-refractivity contribution >= 4 is 38.5 Å². The number of hydrogen-bond acceptors (Lipinski definition) is 5. The highest BCUT2D eigenvalue weighted by Crippen LogP contribution is 2.30. The largest absolute Gasteiger partial charge is 0.380 e. The van der Waals surface area contributed by atoms with Crippen molar-refractivity contribution in [3.63, 3.8) is 0 Å². The third-order valence-electron chi connectivity index (χ3n) is 3.90. The molecule has 4 nitrogen and oxygen atoms in total. The van der Waals surface area contributed by atoms with Gasteiger partial charge in [-0.05, 0) is 31.0 Å². The smallest absolute Gasteiger partial charge is 0.183 e. The molecule has 0 unspecified atom stereocenters. The molecule has 1 fully saturated rings. The van der Waals surface area contributed by atoms with E-state index < -0.39 is 9.84 Å². The summed E-state index contributed by atoms with van der Waals surface area (Å²) in [4.78, 5) is 5.40. The second-order valence-corrected chi connectivity index (χ2v) is 9.34. The minimum atomic E-state index is -3.21. The normalized spacial score (nSPS) is 16.0. The molecule has 1 aliphatic carbocycles. The zero-order valence-corrected chi connectivity index (χ0v) is 14.3. The van der Waals surface area contributed by atoms with Crippen LogP contribution in [-0.4, -0.2) is 18.7 Å². The molecule has 2 aromatic rings. The first kappa shape index (κ1) is 15.8. The molecule has 0 amide bonds. The lowest BCUT2D eigenvalue weighted by Gasteiger charge is -2.12. The van der Waals surface area contributed by atoms with E-state index in [1.54, 1.807) is 24.4 Å². The summed E-state index contributed by atoms with van der Waals surface area (Å²) in [5.41, 5.74) is 0.795. The fourth-order valence-electron chi connectivity index (χ4n) is 2.73. The van der Waals surface area contributed by atoms with Crippen LogP contribution >= 0.6 is 22.9 Å². The quantitative estimate of drug-likeness (QED) is 0.875. The number of rotatable bonds is 5. The molecule has 0 aliphatic heterocycles. The van der Waals surface area contributed by atoms with Gasteiger partial charge in [-0.1, -0.05) is 30.5 Å². The summed E-state index contributed by atoms with van der Waals surface area (Å²) in [6.07, 6.45) is 5.29. The van der Waals surface area contributed by atoms with Crippen LogP contribution in [0.15, 0.2) is 35.4 Å². The van der Waals surface area contributed by atoms with Crippen molar-refractivity contribution in [1.29, 1.82) is 0 Å². The third kappa shape index (κ3) is 3.45. The maximum absolute atomic E-state index is 12.6. The predicted molar refractivity (Wildman–Crippen MR) is 90.3 cm³/mol. The molecule has 1 aromatic heterocycles. The molecule has 1 heterocycles. The standard InChI is InChI=1S/C15H17ClN2O2S2/c16-15-18-10-12(21-15)9-17-11-4-3-7-14(8-11)22(19,20)13-5-1-2-6-13/h3-4,7-8,10,13,17H,1-2,5-6,9H2. The molecule has 22 heavy (non-hydrogen) atoms. The summed E-state index contributed by atoms with van der Waals surface area (Å²) >= 11 is 7.21. The van der Waals surface area contributed by atoms with Crippen molar-refractivity contribution in [2.24, 2.45) is 0 Å². The fraction of sp³-hybridized carbons (Fsp3) is 0.400. The molecular weight excluding hydrogens is 340 g/mol. The van der Waals surface area contributed by atoms with Crippen molar-refractivity contribution in [3.8, 4) is 0 Å². The van der Waals surface area contributed by atoms with Gasteiger partial charge in [-0.2, -0.15) is 0 Å². The van der Waals surface area contributed by atoms with E-state index in [0.29, 0.717) is 15.9 Å². The lowest BCUT2D eigenvalue weighted by Crippen LogP contribution is -2.17. The Bertz CT molecular complexity index is 752. The first-order chi connectivity index (χ1) is 10.6. The maximum atomic E-state index is 12.6. The number of nitrogens with zero attached hydrogens (tertiary/aromatic N) is 1. The molecule has 1 saturated carbocycles. The summed E-state index contributed by atoms with van der Waals surface area (Å²) in [6.45, 7) is 0.581. The summed E-state index contributed by atoms with van der Waals surface area (Å²) in [5, 5.41) is 3.01. The Morgan fingerprint density at radius 3 is 2.77 bits per heavy atom. The molecule has 118 valence electrons. The molecule has 3 rings (SSSR count). The van der Waals surface area contributed by atoms with Crippen LogP contribution in [-0.2, 0) is 16.4 Å². The Morgan fingerprint density at radius 1 is 1.32 bits per heavy atom. The van der Waals surface area contributed by atoms with Crippen LogP contribution in [0.5, 0.6) is 0 Å². The second-order valence-electron chi connectivity index (χ2n) is 5.41. The number of aromatic nitrogens is 1. The van der Waals surface area contributed by atoms with Gasteiger partial charge in [-0.3, -0.25) is 0 Å². The second kappa shape index (κ2) is 6.56. The number of sulfone groups is 1. The van der Waals surface area contributed by atoms with E-state index in [0.717, 1.165) is 36.2 Å². The van der Waals surface area contributed by atoms with Crippen molar-refractivity contribution in [2.75, 3.05) is 5.32 Å². The Labute approximate surface area is 139 Å². The van der Waals surface area contributed by atoms with E-state index in [2.05, 4.69) is 10.3 Å². The van der Waals surface area contributed by atoms with Gasteiger partial charge in [0.15, 0.2) is 14.3 Å². The van der Waals surface area contributed by atoms with Crippen molar-refractivity contribution in [1.82, 2.24) is 4.98 Å². The van der Waals surface area contributed by atoms with Crippen LogP contribution < -0.4 is 5.32 Å². The maximum Gasteiger partial charge on any atom is 0.183 e. The zero-order valence-electron chi connectivity index (χ0n) is 12.0. The molecule has 1 aliphatic rings. The van der Waals surface area contributed by atoms with Gasteiger partial charge in [0.1, 0.15) is 0 Å². The van der Waals surface area contributed by atoms with Gasteiger partial charge in [0.05, 0.1) is 16.7 Å². The fourth-order valence-corrected chi connectivity index (χ4v) is 5.54. The van der Waals surface area contributed by atoms with Crippen LogP contribution in [0.2, 0.25) is 4.47 Å². The van der Waals surface area contributed by atoms with E-state index in [-0.39, 0.29) is 5.25 Å². The molecule has 0 spiro atoms. The van der Waals surface area contributed by atoms with Gasteiger partial charge in [0.2, 0.25) is 0 Å². The number of thiazole rings is 1. The van der Waals surface area contributed by atoms with Crippen molar-refractivity contribution < 1.29 is 8.42 Å². The SMILES string of the molecule is O=S(=O)(c1cccc(NCc2cnc(Cl)s2)c1)C1CCCC1. The molecule has 0 atom stereocenters. The Balaban J connectivity index is 1.74. The van der Waals surface area contributed by atoms with E-state index in [1.165, 1.54) is 11.3 Å². The summed E-state index contributed by atoms with van der Waals surface area (Å²) in [6, 6.07) is 7.05. The lowest BCUT2D eigenvalue weighted by atomic mass is 10.3. The molecule has 0 bridgehead atoms. The van der Waals surface area contributed by atoms with E-state index in [9.17, 15) is 8.42 Å².